The first-order chi connectivity index (χ1) is 23.0. The molecule has 2 aromatic carbocycles. The molecule has 15 heteroatoms. The van der Waals surface area contributed by atoms with Crippen LogP contribution in [0, 0.1) is 22.0 Å². The molecule has 0 bridgehead atoms. The second kappa shape index (κ2) is 15.8. The van der Waals surface area contributed by atoms with E-state index in [-0.39, 0.29) is 48.6 Å². The fourth-order valence-corrected chi connectivity index (χ4v) is 7.35. The molecule has 14 nitrogen and oxygen atoms in total. The minimum Gasteiger partial charge on any atom is -0.487 e. The molecule has 0 saturated carbocycles. The average Bonchev–Trinajstić information content (AvgIpc) is 3.69. The molecule has 2 aliphatic heterocycles. The maximum Gasteiger partial charge on any atom is 0.407 e. The van der Waals surface area contributed by atoms with Crippen molar-refractivity contribution in [1.82, 2.24) is 14.6 Å². The van der Waals surface area contributed by atoms with Gasteiger partial charge in [0.2, 0.25) is 10.0 Å². The van der Waals surface area contributed by atoms with E-state index in [0.29, 0.717) is 18.8 Å². The van der Waals surface area contributed by atoms with Gasteiger partial charge in [0.15, 0.2) is 6.29 Å². The summed E-state index contributed by atoms with van der Waals surface area (Å²) in [5, 5.41) is 25.7. The number of hydrogen-bond acceptors (Lipinski definition) is 11. The number of hydrogen-bond donors (Lipinski definition) is 2. The SMILES string of the molecule is CC(C)CN(C[C@@H](O)[C@H](Cc1ccc(OCc2ccccn2)cc1)NC(=O)O[C@H]1CO[C@H]2OCC[C@H]21)S(=O)(=O)c1cccc([N+](=O)[O-])c1. The lowest BCUT2D eigenvalue weighted by molar-refractivity contribution is -0.385. The molecule has 5 atom stereocenters. The van der Waals surface area contributed by atoms with Crippen LogP contribution in [0.5, 0.6) is 5.75 Å². The number of benzene rings is 2. The summed E-state index contributed by atoms with van der Waals surface area (Å²) < 4.78 is 51.2. The van der Waals surface area contributed by atoms with Gasteiger partial charge in [-0.05, 0) is 54.7 Å². The number of nitro groups is 1. The van der Waals surface area contributed by atoms with E-state index >= 15 is 0 Å². The summed E-state index contributed by atoms with van der Waals surface area (Å²) in [4.78, 5) is 27.8. The van der Waals surface area contributed by atoms with Crippen molar-refractivity contribution in [3.8, 4) is 5.75 Å². The van der Waals surface area contributed by atoms with Gasteiger partial charge in [-0.1, -0.05) is 38.1 Å². The Labute approximate surface area is 279 Å². The van der Waals surface area contributed by atoms with Gasteiger partial charge in [0, 0.05) is 31.4 Å². The van der Waals surface area contributed by atoms with Gasteiger partial charge < -0.3 is 29.4 Å². The number of non-ortho nitro benzene ring substituents is 1. The normalized spacial score (nSPS) is 20.3. The van der Waals surface area contributed by atoms with Crippen LogP contribution in [0.1, 0.15) is 31.5 Å². The van der Waals surface area contributed by atoms with Crippen molar-refractivity contribution in [3.05, 3.63) is 94.3 Å². The lowest BCUT2D eigenvalue weighted by Gasteiger charge is -2.31. The molecule has 48 heavy (non-hydrogen) atoms. The van der Waals surface area contributed by atoms with Crippen LogP contribution in [-0.2, 0) is 37.3 Å². The van der Waals surface area contributed by atoms with E-state index in [9.17, 15) is 28.4 Å². The number of sulfonamides is 1. The number of nitrogens with zero attached hydrogens (tertiary/aromatic N) is 3. The number of aliphatic hydroxyl groups excluding tert-OH is 1. The Morgan fingerprint density at radius 3 is 2.62 bits per heavy atom. The summed E-state index contributed by atoms with van der Waals surface area (Å²) in [6.45, 7) is 4.21. The predicted molar refractivity (Wildman–Crippen MR) is 172 cm³/mol. The number of ether oxygens (including phenoxy) is 4. The molecule has 0 spiro atoms. The first-order valence-electron chi connectivity index (χ1n) is 15.7. The average molecular weight is 685 g/mol. The van der Waals surface area contributed by atoms with Crippen molar-refractivity contribution in [3.63, 3.8) is 0 Å². The third-order valence-electron chi connectivity index (χ3n) is 8.13. The molecule has 0 radical (unpaired) electrons. The standard InChI is InChI=1S/C33H40N4O10S/c1-22(2)18-36(48(42,43)27-8-5-7-25(17-27)37(40)41)19-30(38)29(35-33(39)47-31-21-46-32-28(31)13-15-44-32)16-23-9-11-26(12-10-23)45-20-24-6-3-4-14-34-24/h3-12,14,17,22,28-32,38H,13,15-16,18-21H2,1-2H3,(H,35,39)/t28-,29-,30+,31-,32+/m0/s1. The van der Waals surface area contributed by atoms with E-state index in [1.165, 1.54) is 18.2 Å². The molecule has 2 fully saturated rings. The third kappa shape index (κ3) is 9.05. The van der Waals surface area contributed by atoms with Crippen LogP contribution in [0.3, 0.4) is 0 Å². The van der Waals surface area contributed by atoms with Crippen molar-refractivity contribution in [2.24, 2.45) is 11.8 Å². The molecule has 258 valence electrons. The van der Waals surface area contributed by atoms with Crippen LogP contribution in [0.2, 0.25) is 0 Å². The fourth-order valence-electron chi connectivity index (χ4n) is 5.69. The predicted octanol–water partition coefficient (Wildman–Crippen LogP) is 3.68. The quantitative estimate of drug-likeness (QED) is 0.176. The number of carbonyl (C=O) groups excluding carboxylic acids is 1. The van der Waals surface area contributed by atoms with E-state index in [1.807, 2.05) is 32.0 Å². The van der Waals surface area contributed by atoms with E-state index < -0.39 is 52.1 Å². The van der Waals surface area contributed by atoms with Crippen molar-refractivity contribution in [2.75, 3.05) is 26.3 Å². The second-order valence-electron chi connectivity index (χ2n) is 12.2. The summed E-state index contributed by atoms with van der Waals surface area (Å²) in [6, 6.07) is 16.4. The minimum absolute atomic E-state index is 0.0179. The number of alkyl carbamates (subject to hydrolysis) is 1. The topological polar surface area (TPSA) is 180 Å². The number of nitrogens with one attached hydrogen (secondary N) is 1. The zero-order valence-corrected chi connectivity index (χ0v) is 27.5. The molecule has 3 heterocycles. The van der Waals surface area contributed by atoms with Crippen molar-refractivity contribution >= 4 is 21.8 Å². The Morgan fingerprint density at radius 1 is 1.12 bits per heavy atom. The Bertz CT molecular complexity index is 1640. The van der Waals surface area contributed by atoms with Gasteiger partial charge in [0.1, 0.15) is 18.5 Å². The molecule has 2 N–H and O–H groups in total. The highest BCUT2D eigenvalue weighted by atomic mass is 32.2. The number of pyridine rings is 1. The summed E-state index contributed by atoms with van der Waals surface area (Å²) in [5.74, 6) is 0.346. The second-order valence-corrected chi connectivity index (χ2v) is 14.2. The molecular weight excluding hydrogens is 644 g/mol. The number of fused-ring (bicyclic) bond motifs is 1. The van der Waals surface area contributed by atoms with Gasteiger partial charge in [-0.25, -0.2) is 13.2 Å². The number of aromatic nitrogens is 1. The van der Waals surface area contributed by atoms with Gasteiger partial charge in [0.25, 0.3) is 5.69 Å². The monoisotopic (exact) mass is 684 g/mol. The highest BCUT2D eigenvalue weighted by Gasteiger charge is 2.44. The Balaban J connectivity index is 1.33. The largest absolute Gasteiger partial charge is 0.487 e. The highest BCUT2D eigenvalue weighted by molar-refractivity contribution is 7.89. The number of amides is 1. The molecule has 3 aromatic rings. The Morgan fingerprint density at radius 2 is 1.92 bits per heavy atom. The van der Waals surface area contributed by atoms with Gasteiger partial charge in [-0.2, -0.15) is 4.31 Å². The Hall–Kier alpha value is -4.15. The van der Waals surface area contributed by atoms with Crippen LogP contribution < -0.4 is 10.1 Å². The summed E-state index contributed by atoms with van der Waals surface area (Å²) in [7, 11) is -4.27. The van der Waals surface area contributed by atoms with E-state index in [0.717, 1.165) is 21.6 Å². The van der Waals surface area contributed by atoms with Gasteiger partial charge in [0.05, 0.1) is 46.8 Å². The zero-order chi connectivity index (χ0) is 34.3. The summed E-state index contributed by atoms with van der Waals surface area (Å²) >= 11 is 0. The molecule has 5 rings (SSSR count). The van der Waals surface area contributed by atoms with E-state index in [2.05, 4.69) is 10.3 Å². The van der Waals surface area contributed by atoms with Crippen LogP contribution in [-0.4, -0.2) is 84.7 Å². The molecule has 1 aromatic heterocycles. The van der Waals surface area contributed by atoms with Gasteiger partial charge in [-0.15, -0.1) is 0 Å². The zero-order valence-electron chi connectivity index (χ0n) is 26.7. The van der Waals surface area contributed by atoms with Crippen LogP contribution in [0.15, 0.2) is 77.8 Å². The number of rotatable bonds is 15. The van der Waals surface area contributed by atoms with Gasteiger partial charge in [-0.3, -0.25) is 15.1 Å². The molecule has 2 saturated heterocycles. The first kappa shape index (κ1) is 35.2. The number of aliphatic hydroxyl groups is 1. The molecule has 0 aliphatic carbocycles. The number of carbonyl (C=O) groups is 1. The smallest absolute Gasteiger partial charge is 0.407 e. The van der Waals surface area contributed by atoms with Crippen molar-refractivity contribution in [1.29, 1.82) is 0 Å². The lowest BCUT2D eigenvalue weighted by Crippen LogP contribution is -2.51. The summed E-state index contributed by atoms with van der Waals surface area (Å²) in [6.07, 6.45) is -0.645. The molecular formula is C33H40N4O10S. The summed E-state index contributed by atoms with van der Waals surface area (Å²) in [5.41, 5.74) is 1.12. The minimum atomic E-state index is -4.27. The van der Waals surface area contributed by atoms with Crippen molar-refractivity contribution in [2.45, 2.75) is 62.7 Å². The van der Waals surface area contributed by atoms with E-state index in [4.69, 9.17) is 18.9 Å². The third-order valence-corrected chi connectivity index (χ3v) is 9.96. The fraction of sp³-hybridized carbons (Fsp3) is 0.455. The van der Waals surface area contributed by atoms with Crippen LogP contribution in [0.25, 0.3) is 0 Å². The molecule has 0 unspecified atom stereocenters. The molecule has 1 amide bonds. The lowest BCUT2D eigenvalue weighted by atomic mass is 10.0. The van der Waals surface area contributed by atoms with E-state index in [1.54, 1.807) is 30.5 Å². The van der Waals surface area contributed by atoms with Crippen LogP contribution >= 0.6 is 0 Å². The Kier molecular flexibility index (Phi) is 11.6. The number of nitro benzene ring substituents is 1. The maximum atomic E-state index is 13.8. The van der Waals surface area contributed by atoms with Gasteiger partial charge >= 0.3 is 6.09 Å². The van der Waals surface area contributed by atoms with Crippen molar-refractivity contribution < 1.29 is 42.2 Å². The molecule has 2 aliphatic rings. The maximum absolute atomic E-state index is 13.8. The first-order valence-corrected chi connectivity index (χ1v) is 17.2. The van der Waals surface area contributed by atoms with Crippen LogP contribution in [0.4, 0.5) is 10.5 Å². The highest BCUT2D eigenvalue weighted by Crippen LogP contribution is 2.33.